The number of likely N-dealkylation sites (N-methyl/N-ethyl adjacent to an activating group) is 1. The minimum atomic E-state index is 0.00950. The fraction of sp³-hybridized carbons (Fsp3) is 0.500. The van der Waals surface area contributed by atoms with E-state index < -0.39 is 0 Å². The smallest absolute Gasteiger partial charge is 0.124 e. The predicted octanol–water partition coefficient (Wildman–Crippen LogP) is 2.15. The number of hydrogen-bond acceptors (Lipinski definition) is 3. The lowest BCUT2D eigenvalue weighted by Gasteiger charge is -2.46. The molecule has 1 aromatic carbocycles. The third kappa shape index (κ3) is 2.85. The largest absolute Gasteiger partial charge is 0.384 e. The molecule has 19 heavy (non-hydrogen) atoms. The summed E-state index contributed by atoms with van der Waals surface area (Å²) < 4.78 is 0. The number of hydrogen-bond donors (Lipinski definition) is 2. The standard InChI is InChI=1S/C14H21ClN4/c1-14(2)9-19(7-6-18(14)3)10-4-5-11(13(16)17)12(15)8-10/h4-5,8H,6-7,9H2,1-3H3,(H3,16,17). The number of rotatable bonds is 2. The molecule has 3 N–H and O–H groups in total. The van der Waals surface area contributed by atoms with E-state index in [2.05, 4.69) is 30.7 Å². The summed E-state index contributed by atoms with van der Waals surface area (Å²) in [6.45, 7) is 7.45. The summed E-state index contributed by atoms with van der Waals surface area (Å²) in [6, 6.07) is 5.72. The number of piperazine rings is 1. The van der Waals surface area contributed by atoms with Crippen LogP contribution in [0.15, 0.2) is 18.2 Å². The van der Waals surface area contributed by atoms with Gasteiger partial charge in [0.25, 0.3) is 0 Å². The average molecular weight is 281 g/mol. The molecule has 0 bridgehead atoms. The maximum absolute atomic E-state index is 7.45. The normalized spacial score (nSPS) is 19.5. The number of nitrogen functional groups attached to an aromatic ring is 1. The van der Waals surface area contributed by atoms with E-state index in [0.29, 0.717) is 10.6 Å². The molecule has 1 aliphatic rings. The summed E-state index contributed by atoms with van der Waals surface area (Å²) in [5.41, 5.74) is 7.32. The molecule has 0 saturated carbocycles. The van der Waals surface area contributed by atoms with Crippen LogP contribution in [-0.4, -0.2) is 43.0 Å². The van der Waals surface area contributed by atoms with Gasteiger partial charge in [0.15, 0.2) is 0 Å². The fourth-order valence-corrected chi connectivity index (χ4v) is 2.66. The summed E-state index contributed by atoms with van der Waals surface area (Å²) in [5.74, 6) is 0.00950. The molecular weight excluding hydrogens is 260 g/mol. The van der Waals surface area contributed by atoms with Crippen molar-refractivity contribution in [3.05, 3.63) is 28.8 Å². The summed E-state index contributed by atoms with van der Waals surface area (Å²) in [4.78, 5) is 4.70. The van der Waals surface area contributed by atoms with Crippen LogP contribution in [0.5, 0.6) is 0 Å². The molecule has 0 amide bonds. The minimum absolute atomic E-state index is 0.00950. The van der Waals surface area contributed by atoms with Crippen LogP contribution < -0.4 is 10.6 Å². The van der Waals surface area contributed by atoms with Crippen molar-refractivity contribution in [1.82, 2.24) is 4.90 Å². The Balaban J connectivity index is 2.24. The molecule has 104 valence electrons. The Kier molecular flexibility index (Phi) is 3.74. The average Bonchev–Trinajstić information content (AvgIpc) is 2.32. The lowest BCUT2D eigenvalue weighted by molar-refractivity contribution is 0.139. The van der Waals surface area contributed by atoms with Crippen LogP contribution in [0.3, 0.4) is 0 Å². The van der Waals surface area contributed by atoms with E-state index in [4.69, 9.17) is 22.7 Å². The molecule has 4 nitrogen and oxygen atoms in total. The molecule has 1 heterocycles. The van der Waals surface area contributed by atoms with Gasteiger partial charge in [-0.2, -0.15) is 0 Å². The molecule has 0 unspecified atom stereocenters. The topological polar surface area (TPSA) is 56.4 Å². The van der Waals surface area contributed by atoms with E-state index in [1.54, 1.807) is 0 Å². The Hall–Kier alpha value is -1.26. The van der Waals surface area contributed by atoms with Gasteiger partial charge in [-0.3, -0.25) is 10.3 Å². The van der Waals surface area contributed by atoms with Gasteiger partial charge >= 0.3 is 0 Å². The molecule has 1 aliphatic heterocycles. The summed E-state index contributed by atoms with van der Waals surface area (Å²) in [6.07, 6.45) is 0. The number of nitrogens with two attached hydrogens (primary N) is 1. The van der Waals surface area contributed by atoms with Crippen LogP contribution in [0.25, 0.3) is 0 Å². The first-order chi connectivity index (χ1) is 8.81. The van der Waals surface area contributed by atoms with Crippen LogP contribution in [0.2, 0.25) is 5.02 Å². The SMILES string of the molecule is CN1CCN(c2ccc(C(=N)N)c(Cl)c2)CC1(C)C. The highest BCUT2D eigenvalue weighted by atomic mass is 35.5. The van der Waals surface area contributed by atoms with Crippen LogP contribution in [-0.2, 0) is 0 Å². The fourth-order valence-electron chi connectivity index (χ4n) is 2.38. The van der Waals surface area contributed by atoms with Gasteiger partial charge in [0.1, 0.15) is 5.84 Å². The predicted molar refractivity (Wildman–Crippen MR) is 81.4 cm³/mol. The Morgan fingerprint density at radius 3 is 2.58 bits per heavy atom. The molecule has 1 aromatic rings. The van der Waals surface area contributed by atoms with Gasteiger partial charge in [-0.05, 0) is 39.1 Å². The van der Waals surface area contributed by atoms with Gasteiger partial charge in [-0.25, -0.2) is 0 Å². The molecule has 0 aromatic heterocycles. The molecule has 0 spiro atoms. The van der Waals surface area contributed by atoms with Crippen molar-refractivity contribution in [2.75, 3.05) is 31.6 Å². The highest BCUT2D eigenvalue weighted by molar-refractivity contribution is 6.34. The number of nitrogens with zero attached hydrogens (tertiary/aromatic N) is 2. The first-order valence-corrected chi connectivity index (χ1v) is 6.79. The van der Waals surface area contributed by atoms with E-state index in [1.807, 2.05) is 18.2 Å². The van der Waals surface area contributed by atoms with Gasteiger partial charge in [0.05, 0.1) is 5.02 Å². The second-order valence-corrected chi connectivity index (χ2v) is 6.14. The monoisotopic (exact) mass is 280 g/mol. The second-order valence-electron chi connectivity index (χ2n) is 5.73. The van der Waals surface area contributed by atoms with Crippen molar-refractivity contribution in [1.29, 1.82) is 5.41 Å². The highest BCUT2D eigenvalue weighted by Crippen LogP contribution is 2.28. The molecule has 2 rings (SSSR count). The zero-order valence-electron chi connectivity index (χ0n) is 11.7. The summed E-state index contributed by atoms with van der Waals surface area (Å²) in [7, 11) is 2.16. The van der Waals surface area contributed by atoms with E-state index in [1.165, 1.54) is 0 Å². The third-order valence-corrected chi connectivity index (χ3v) is 4.24. The van der Waals surface area contributed by atoms with Crippen molar-refractivity contribution in [3.8, 4) is 0 Å². The highest BCUT2D eigenvalue weighted by Gasteiger charge is 2.31. The minimum Gasteiger partial charge on any atom is -0.384 e. The van der Waals surface area contributed by atoms with Crippen molar-refractivity contribution in [2.45, 2.75) is 19.4 Å². The summed E-state index contributed by atoms with van der Waals surface area (Å²) >= 11 is 6.19. The first kappa shape index (κ1) is 14.2. The Morgan fingerprint density at radius 2 is 2.05 bits per heavy atom. The number of nitrogens with one attached hydrogen (secondary N) is 1. The Morgan fingerprint density at radius 1 is 1.37 bits per heavy atom. The molecule has 1 saturated heterocycles. The van der Waals surface area contributed by atoms with Crippen molar-refractivity contribution >= 4 is 23.1 Å². The van der Waals surface area contributed by atoms with Crippen molar-refractivity contribution in [2.24, 2.45) is 5.73 Å². The van der Waals surface area contributed by atoms with Gasteiger partial charge in [0.2, 0.25) is 0 Å². The second kappa shape index (κ2) is 5.02. The van der Waals surface area contributed by atoms with Gasteiger partial charge < -0.3 is 10.6 Å². The zero-order chi connectivity index (χ0) is 14.2. The molecular formula is C14H21ClN4. The molecule has 1 fully saturated rings. The maximum Gasteiger partial charge on any atom is 0.124 e. The first-order valence-electron chi connectivity index (χ1n) is 6.41. The van der Waals surface area contributed by atoms with Crippen LogP contribution in [0.4, 0.5) is 5.69 Å². The number of amidine groups is 1. The quantitative estimate of drug-likeness (QED) is 0.645. The number of halogens is 1. The third-order valence-electron chi connectivity index (χ3n) is 3.92. The Bertz CT molecular complexity index is 498. The van der Waals surface area contributed by atoms with E-state index in [-0.39, 0.29) is 11.4 Å². The van der Waals surface area contributed by atoms with Crippen molar-refractivity contribution in [3.63, 3.8) is 0 Å². The van der Waals surface area contributed by atoms with Gasteiger partial charge in [-0.15, -0.1) is 0 Å². The molecule has 0 aliphatic carbocycles. The summed E-state index contributed by atoms with van der Waals surface area (Å²) in [5, 5.41) is 8.00. The van der Waals surface area contributed by atoms with Crippen LogP contribution in [0, 0.1) is 5.41 Å². The molecule has 0 radical (unpaired) electrons. The zero-order valence-corrected chi connectivity index (χ0v) is 12.5. The van der Waals surface area contributed by atoms with E-state index >= 15 is 0 Å². The maximum atomic E-state index is 7.45. The number of benzene rings is 1. The van der Waals surface area contributed by atoms with Crippen LogP contribution in [0.1, 0.15) is 19.4 Å². The number of anilines is 1. The Labute approximate surface area is 119 Å². The van der Waals surface area contributed by atoms with E-state index in [9.17, 15) is 0 Å². The van der Waals surface area contributed by atoms with Gasteiger partial charge in [-0.1, -0.05) is 11.6 Å². The molecule has 0 atom stereocenters. The van der Waals surface area contributed by atoms with E-state index in [0.717, 1.165) is 25.3 Å². The van der Waals surface area contributed by atoms with Gasteiger partial charge in [0, 0.05) is 36.4 Å². The lowest BCUT2D eigenvalue weighted by atomic mass is 9.99. The lowest BCUT2D eigenvalue weighted by Crippen LogP contribution is -2.57. The molecule has 5 heteroatoms. The van der Waals surface area contributed by atoms with Crippen molar-refractivity contribution < 1.29 is 0 Å². The van der Waals surface area contributed by atoms with Crippen LogP contribution >= 0.6 is 11.6 Å².